The minimum absolute atomic E-state index is 0.398. The van der Waals surface area contributed by atoms with Crippen LogP contribution in [-0.4, -0.2) is 30.1 Å². The van der Waals surface area contributed by atoms with Crippen LogP contribution in [0.3, 0.4) is 0 Å². The third-order valence-electron chi connectivity index (χ3n) is 1.98. The molecule has 0 radical (unpaired) electrons. The van der Waals surface area contributed by atoms with E-state index < -0.39 is 0 Å². The summed E-state index contributed by atoms with van der Waals surface area (Å²) >= 11 is 0. The van der Waals surface area contributed by atoms with Crippen molar-refractivity contribution < 1.29 is 0 Å². The van der Waals surface area contributed by atoms with Gasteiger partial charge in [-0.25, -0.2) is 0 Å². The zero-order valence-electron chi connectivity index (χ0n) is 6.30. The molecule has 2 N–H and O–H groups in total. The normalized spacial score (nSPS) is 36.3. The van der Waals surface area contributed by atoms with E-state index in [1.807, 2.05) is 0 Å². The molecule has 1 aliphatic rings. The fourth-order valence-electron chi connectivity index (χ4n) is 0.977. The molecule has 0 bridgehead atoms. The molecule has 2 nitrogen and oxygen atoms in total. The SMILES string of the molecule is CCC(N)CN1CC1C. The van der Waals surface area contributed by atoms with Gasteiger partial charge in [0.15, 0.2) is 0 Å². The molecule has 0 aliphatic carbocycles. The highest BCUT2D eigenvalue weighted by atomic mass is 15.3. The first-order chi connectivity index (χ1) is 4.24. The Hall–Kier alpha value is -0.0800. The molecule has 0 amide bonds. The fraction of sp³-hybridized carbons (Fsp3) is 1.00. The van der Waals surface area contributed by atoms with Crippen LogP contribution in [0.4, 0.5) is 0 Å². The summed E-state index contributed by atoms with van der Waals surface area (Å²) in [6.07, 6.45) is 1.10. The molecule has 0 aromatic rings. The van der Waals surface area contributed by atoms with Gasteiger partial charge in [0.1, 0.15) is 0 Å². The van der Waals surface area contributed by atoms with Crippen LogP contribution in [-0.2, 0) is 0 Å². The quantitative estimate of drug-likeness (QED) is 0.558. The molecule has 1 saturated heterocycles. The van der Waals surface area contributed by atoms with Crippen molar-refractivity contribution >= 4 is 0 Å². The van der Waals surface area contributed by atoms with Gasteiger partial charge in [0.2, 0.25) is 0 Å². The Balaban J connectivity index is 2.05. The zero-order chi connectivity index (χ0) is 6.85. The predicted molar refractivity (Wildman–Crippen MR) is 39.3 cm³/mol. The van der Waals surface area contributed by atoms with Crippen LogP contribution in [0.25, 0.3) is 0 Å². The standard InChI is InChI=1S/C7H16N2/c1-3-7(8)5-9-4-6(9)2/h6-7H,3-5,8H2,1-2H3. The van der Waals surface area contributed by atoms with Gasteiger partial charge in [0, 0.05) is 25.2 Å². The van der Waals surface area contributed by atoms with Crippen molar-refractivity contribution in [2.24, 2.45) is 5.73 Å². The molecule has 1 rings (SSSR count). The lowest BCUT2D eigenvalue weighted by Crippen LogP contribution is -2.28. The Morgan fingerprint density at radius 1 is 1.78 bits per heavy atom. The number of hydrogen-bond donors (Lipinski definition) is 1. The molecule has 54 valence electrons. The molecule has 0 spiro atoms. The van der Waals surface area contributed by atoms with Gasteiger partial charge in [-0.05, 0) is 13.3 Å². The molecule has 1 heterocycles. The number of nitrogens with two attached hydrogens (primary N) is 1. The summed E-state index contributed by atoms with van der Waals surface area (Å²) in [5.74, 6) is 0. The minimum atomic E-state index is 0.398. The molecule has 0 aromatic heterocycles. The second-order valence-corrected chi connectivity index (χ2v) is 2.97. The second-order valence-electron chi connectivity index (χ2n) is 2.97. The van der Waals surface area contributed by atoms with E-state index in [4.69, 9.17) is 5.73 Å². The maximum Gasteiger partial charge on any atom is 0.0196 e. The first-order valence-electron chi connectivity index (χ1n) is 3.73. The van der Waals surface area contributed by atoms with Gasteiger partial charge in [-0.3, -0.25) is 4.90 Å². The van der Waals surface area contributed by atoms with Crippen LogP contribution >= 0.6 is 0 Å². The largest absolute Gasteiger partial charge is 0.327 e. The number of rotatable bonds is 3. The highest BCUT2D eigenvalue weighted by Crippen LogP contribution is 2.15. The number of hydrogen-bond acceptors (Lipinski definition) is 2. The molecule has 9 heavy (non-hydrogen) atoms. The minimum Gasteiger partial charge on any atom is -0.327 e. The lowest BCUT2D eigenvalue weighted by molar-refractivity contribution is 0.450. The molecule has 3 atom stereocenters. The van der Waals surface area contributed by atoms with Gasteiger partial charge >= 0.3 is 0 Å². The van der Waals surface area contributed by atoms with Crippen molar-refractivity contribution in [2.75, 3.05) is 13.1 Å². The van der Waals surface area contributed by atoms with Crippen molar-refractivity contribution in [3.63, 3.8) is 0 Å². The lowest BCUT2D eigenvalue weighted by Gasteiger charge is -2.08. The molecule has 2 heteroatoms. The lowest BCUT2D eigenvalue weighted by atomic mass is 10.2. The van der Waals surface area contributed by atoms with Gasteiger partial charge in [0.25, 0.3) is 0 Å². The summed E-state index contributed by atoms with van der Waals surface area (Å²) in [6, 6.07) is 1.21. The smallest absolute Gasteiger partial charge is 0.0196 e. The predicted octanol–water partition coefficient (Wildman–Crippen LogP) is 0.428. The molecule has 1 aliphatic heterocycles. The monoisotopic (exact) mass is 128 g/mol. The van der Waals surface area contributed by atoms with Gasteiger partial charge in [-0.1, -0.05) is 6.92 Å². The Kier molecular flexibility index (Phi) is 2.09. The second kappa shape index (κ2) is 2.67. The van der Waals surface area contributed by atoms with Crippen molar-refractivity contribution in [3.05, 3.63) is 0 Å². The molecular formula is C7H16N2. The Bertz CT molecular complexity index is 90.9. The van der Waals surface area contributed by atoms with Gasteiger partial charge < -0.3 is 5.73 Å². The highest BCUT2D eigenvalue weighted by molar-refractivity contribution is 4.86. The van der Waals surface area contributed by atoms with Crippen LogP contribution < -0.4 is 5.73 Å². The van der Waals surface area contributed by atoms with E-state index in [2.05, 4.69) is 18.7 Å². The highest BCUT2D eigenvalue weighted by Gasteiger charge is 2.29. The zero-order valence-corrected chi connectivity index (χ0v) is 6.30. The van der Waals surface area contributed by atoms with E-state index in [-0.39, 0.29) is 0 Å². The van der Waals surface area contributed by atoms with Crippen molar-refractivity contribution in [3.8, 4) is 0 Å². The third-order valence-corrected chi connectivity index (χ3v) is 1.98. The van der Waals surface area contributed by atoms with Crippen LogP contribution in [0.15, 0.2) is 0 Å². The molecule has 1 fully saturated rings. The maximum atomic E-state index is 5.73. The average molecular weight is 128 g/mol. The topological polar surface area (TPSA) is 29.0 Å². The van der Waals surface area contributed by atoms with E-state index in [1.165, 1.54) is 6.54 Å². The summed E-state index contributed by atoms with van der Waals surface area (Å²) < 4.78 is 0. The molecule has 0 aromatic carbocycles. The molecular weight excluding hydrogens is 112 g/mol. The summed E-state index contributed by atoms with van der Waals surface area (Å²) in [4.78, 5) is 2.40. The summed E-state index contributed by atoms with van der Waals surface area (Å²) in [5.41, 5.74) is 5.73. The van der Waals surface area contributed by atoms with E-state index in [9.17, 15) is 0 Å². The third kappa shape index (κ3) is 1.95. The number of nitrogens with zero attached hydrogens (tertiary/aromatic N) is 1. The fourth-order valence-corrected chi connectivity index (χ4v) is 0.977. The Morgan fingerprint density at radius 2 is 2.33 bits per heavy atom. The van der Waals surface area contributed by atoms with E-state index in [0.29, 0.717) is 6.04 Å². The first kappa shape index (κ1) is 7.03. The van der Waals surface area contributed by atoms with Gasteiger partial charge in [-0.15, -0.1) is 0 Å². The van der Waals surface area contributed by atoms with E-state index >= 15 is 0 Å². The summed E-state index contributed by atoms with van der Waals surface area (Å²) in [7, 11) is 0. The van der Waals surface area contributed by atoms with Crippen molar-refractivity contribution in [2.45, 2.75) is 32.4 Å². The van der Waals surface area contributed by atoms with E-state index in [1.54, 1.807) is 0 Å². The summed E-state index contributed by atoms with van der Waals surface area (Å²) in [6.45, 7) is 6.73. The van der Waals surface area contributed by atoms with Gasteiger partial charge in [-0.2, -0.15) is 0 Å². The average Bonchev–Trinajstić information content (AvgIpc) is 2.47. The van der Waals surface area contributed by atoms with Crippen LogP contribution in [0.1, 0.15) is 20.3 Å². The van der Waals surface area contributed by atoms with Crippen molar-refractivity contribution in [1.29, 1.82) is 0 Å². The summed E-state index contributed by atoms with van der Waals surface area (Å²) in [5, 5.41) is 0. The Labute approximate surface area is 57.0 Å². The van der Waals surface area contributed by atoms with Crippen LogP contribution in [0.5, 0.6) is 0 Å². The van der Waals surface area contributed by atoms with Crippen LogP contribution in [0, 0.1) is 0 Å². The maximum absolute atomic E-state index is 5.73. The van der Waals surface area contributed by atoms with Crippen LogP contribution in [0.2, 0.25) is 0 Å². The van der Waals surface area contributed by atoms with E-state index in [0.717, 1.165) is 19.0 Å². The Morgan fingerprint density at radius 3 is 2.67 bits per heavy atom. The molecule has 0 saturated carbocycles. The van der Waals surface area contributed by atoms with Gasteiger partial charge in [0.05, 0.1) is 0 Å². The first-order valence-corrected chi connectivity index (χ1v) is 3.73. The van der Waals surface area contributed by atoms with Crippen molar-refractivity contribution in [1.82, 2.24) is 4.90 Å². The molecule has 3 unspecified atom stereocenters.